The highest BCUT2D eigenvalue weighted by Gasteiger charge is 2.23. The van der Waals surface area contributed by atoms with Crippen LogP contribution in [0, 0.1) is 5.92 Å². The fourth-order valence-electron chi connectivity index (χ4n) is 3.13. The summed E-state index contributed by atoms with van der Waals surface area (Å²) in [5.74, 6) is 0.613. The van der Waals surface area contributed by atoms with E-state index in [0.717, 1.165) is 43.1 Å². The van der Waals surface area contributed by atoms with Crippen LogP contribution in [0.4, 0.5) is 5.69 Å². The van der Waals surface area contributed by atoms with Crippen molar-refractivity contribution in [2.24, 2.45) is 5.92 Å². The fraction of sp³-hybridized carbons (Fsp3) is 0.583. The highest BCUT2D eigenvalue weighted by atomic mass is 15.2. The number of nitrogens with one attached hydrogen (secondary N) is 3. The first kappa shape index (κ1) is 24.1. The van der Waals surface area contributed by atoms with Crippen LogP contribution in [0.3, 0.4) is 0 Å². The van der Waals surface area contributed by atoms with Gasteiger partial charge in [0.15, 0.2) is 0 Å². The maximum absolute atomic E-state index is 4.29. The summed E-state index contributed by atoms with van der Waals surface area (Å²) < 4.78 is 0. The van der Waals surface area contributed by atoms with E-state index in [1.807, 2.05) is 18.2 Å². The molecule has 1 rings (SSSR count). The molecule has 1 aromatic carbocycles. The zero-order valence-electron chi connectivity index (χ0n) is 18.9. The zero-order chi connectivity index (χ0) is 21.1. The summed E-state index contributed by atoms with van der Waals surface area (Å²) in [6.45, 7) is 24.6. The van der Waals surface area contributed by atoms with Crippen LogP contribution >= 0.6 is 0 Å². The molecule has 4 heteroatoms. The summed E-state index contributed by atoms with van der Waals surface area (Å²) in [6, 6.07) is 11.3. The van der Waals surface area contributed by atoms with Gasteiger partial charge in [-0.25, -0.2) is 0 Å². The summed E-state index contributed by atoms with van der Waals surface area (Å²) in [7, 11) is 0. The van der Waals surface area contributed by atoms with Gasteiger partial charge in [-0.2, -0.15) is 0 Å². The molecule has 158 valence electrons. The lowest BCUT2D eigenvalue weighted by Crippen LogP contribution is -2.49. The van der Waals surface area contributed by atoms with Gasteiger partial charge in [-0.15, -0.1) is 0 Å². The Balaban J connectivity index is 2.59. The van der Waals surface area contributed by atoms with Gasteiger partial charge in [0.05, 0.1) is 6.54 Å². The first-order valence-electron chi connectivity index (χ1n) is 10.7. The molecule has 2 unspecified atom stereocenters. The lowest BCUT2D eigenvalue weighted by atomic mass is 10.1. The quantitative estimate of drug-likeness (QED) is 0.428. The van der Waals surface area contributed by atoms with Crippen LogP contribution in [0.2, 0.25) is 0 Å². The van der Waals surface area contributed by atoms with Crippen molar-refractivity contribution in [2.75, 3.05) is 25.0 Å². The van der Waals surface area contributed by atoms with Crippen LogP contribution in [-0.4, -0.2) is 42.7 Å². The minimum Gasteiger partial charge on any atom is -0.387 e. The average Bonchev–Trinajstić information content (AvgIpc) is 2.67. The van der Waals surface area contributed by atoms with E-state index in [0.29, 0.717) is 18.0 Å². The van der Waals surface area contributed by atoms with Gasteiger partial charge in [-0.05, 0) is 45.2 Å². The molecule has 3 N–H and O–H groups in total. The molecule has 0 spiro atoms. The number of benzene rings is 1. The Kier molecular flexibility index (Phi) is 10.8. The van der Waals surface area contributed by atoms with Crippen molar-refractivity contribution >= 4 is 5.69 Å². The standard InChI is InChI=1S/C24H42N4/c1-9-23(27-20(6)16-26-24-13-11-10-12-14-24)17-28(19(4)5)22(8)21(7)25-15-18(2)3/h10-14,18-19,22-23,25-27H,6-7,9,15-17H2,1-5,8H3. The van der Waals surface area contributed by atoms with Crippen molar-refractivity contribution in [3.63, 3.8) is 0 Å². The Labute approximate surface area is 173 Å². The van der Waals surface area contributed by atoms with Gasteiger partial charge in [0, 0.05) is 48.3 Å². The van der Waals surface area contributed by atoms with Gasteiger partial charge < -0.3 is 16.0 Å². The molecule has 0 aliphatic rings. The van der Waals surface area contributed by atoms with Gasteiger partial charge in [0.1, 0.15) is 0 Å². The Morgan fingerprint density at radius 3 is 2.21 bits per heavy atom. The minimum atomic E-state index is 0.283. The first-order valence-corrected chi connectivity index (χ1v) is 10.7. The summed E-state index contributed by atoms with van der Waals surface area (Å²) >= 11 is 0. The van der Waals surface area contributed by atoms with E-state index in [2.05, 4.69) is 87.7 Å². The van der Waals surface area contributed by atoms with Crippen molar-refractivity contribution in [3.8, 4) is 0 Å². The molecule has 0 aliphatic carbocycles. The topological polar surface area (TPSA) is 39.3 Å². The molecule has 0 fully saturated rings. The van der Waals surface area contributed by atoms with E-state index in [1.165, 1.54) is 0 Å². The molecular formula is C24H42N4. The van der Waals surface area contributed by atoms with E-state index >= 15 is 0 Å². The molecule has 4 nitrogen and oxygen atoms in total. The second kappa shape index (κ2) is 12.5. The third kappa shape index (κ3) is 8.83. The minimum absolute atomic E-state index is 0.283. The van der Waals surface area contributed by atoms with E-state index < -0.39 is 0 Å². The van der Waals surface area contributed by atoms with E-state index in [-0.39, 0.29) is 6.04 Å². The lowest BCUT2D eigenvalue weighted by Gasteiger charge is -2.37. The van der Waals surface area contributed by atoms with Gasteiger partial charge in [0.25, 0.3) is 0 Å². The third-order valence-electron chi connectivity index (χ3n) is 5.01. The van der Waals surface area contributed by atoms with Crippen molar-refractivity contribution in [1.29, 1.82) is 0 Å². The summed E-state index contributed by atoms with van der Waals surface area (Å²) in [6.07, 6.45) is 1.05. The number of hydrogen-bond acceptors (Lipinski definition) is 4. The number of hydrogen-bond donors (Lipinski definition) is 3. The van der Waals surface area contributed by atoms with Crippen molar-refractivity contribution < 1.29 is 0 Å². The number of nitrogens with zero attached hydrogens (tertiary/aromatic N) is 1. The molecule has 0 heterocycles. The maximum atomic E-state index is 4.29. The van der Waals surface area contributed by atoms with Gasteiger partial charge in [-0.3, -0.25) is 4.90 Å². The molecule has 0 amide bonds. The lowest BCUT2D eigenvalue weighted by molar-refractivity contribution is 0.161. The smallest absolute Gasteiger partial charge is 0.0541 e. The van der Waals surface area contributed by atoms with Crippen LogP contribution in [-0.2, 0) is 0 Å². The Bertz CT molecular complexity index is 580. The summed E-state index contributed by atoms with van der Waals surface area (Å²) in [5.41, 5.74) is 3.23. The summed E-state index contributed by atoms with van der Waals surface area (Å²) in [5, 5.41) is 10.5. The Morgan fingerprint density at radius 2 is 1.68 bits per heavy atom. The average molecular weight is 387 g/mol. The predicted molar refractivity (Wildman–Crippen MR) is 125 cm³/mol. The molecule has 2 atom stereocenters. The van der Waals surface area contributed by atoms with Crippen molar-refractivity contribution in [1.82, 2.24) is 15.5 Å². The normalized spacial score (nSPS) is 13.5. The number of para-hydroxylation sites is 1. The SMILES string of the molecule is C=C(CNc1ccccc1)NC(CC)CN(C(C)C)C(C)C(=C)NCC(C)C. The maximum Gasteiger partial charge on any atom is 0.0541 e. The second-order valence-electron chi connectivity index (χ2n) is 8.34. The predicted octanol–water partition coefficient (Wildman–Crippen LogP) is 4.84. The second-order valence-corrected chi connectivity index (χ2v) is 8.34. The van der Waals surface area contributed by atoms with E-state index in [4.69, 9.17) is 0 Å². The molecule has 0 radical (unpaired) electrons. The molecule has 0 saturated carbocycles. The van der Waals surface area contributed by atoms with Gasteiger partial charge >= 0.3 is 0 Å². The van der Waals surface area contributed by atoms with Crippen LogP contribution in [0.1, 0.15) is 48.0 Å². The van der Waals surface area contributed by atoms with Crippen LogP contribution < -0.4 is 16.0 Å². The molecule has 0 bridgehead atoms. The monoisotopic (exact) mass is 386 g/mol. The number of anilines is 1. The number of rotatable bonds is 14. The zero-order valence-corrected chi connectivity index (χ0v) is 18.9. The Hall–Kier alpha value is -1.94. The first-order chi connectivity index (χ1) is 13.2. The highest BCUT2D eigenvalue weighted by molar-refractivity contribution is 5.43. The van der Waals surface area contributed by atoms with Crippen LogP contribution in [0.5, 0.6) is 0 Å². The molecule has 0 aromatic heterocycles. The van der Waals surface area contributed by atoms with Crippen LogP contribution in [0.25, 0.3) is 0 Å². The summed E-state index contributed by atoms with van der Waals surface area (Å²) in [4.78, 5) is 2.51. The molecule has 0 aliphatic heterocycles. The molecule has 28 heavy (non-hydrogen) atoms. The van der Waals surface area contributed by atoms with Gasteiger partial charge in [-0.1, -0.05) is 52.1 Å². The van der Waals surface area contributed by atoms with E-state index in [1.54, 1.807) is 0 Å². The highest BCUT2D eigenvalue weighted by Crippen LogP contribution is 2.14. The third-order valence-corrected chi connectivity index (χ3v) is 5.01. The molecule has 1 aromatic rings. The van der Waals surface area contributed by atoms with Crippen molar-refractivity contribution in [2.45, 2.75) is 66.1 Å². The van der Waals surface area contributed by atoms with Crippen molar-refractivity contribution in [3.05, 3.63) is 54.9 Å². The molecule has 0 saturated heterocycles. The Morgan fingerprint density at radius 1 is 1.04 bits per heavy atom. The van der Waals surface area contributed by atoms with E-state index in [9.17, 15) is 0 Å². The van der Waals surface area contributed by atoms with Crippen LogP contribution in [0.15, 0.2) is 54.9 Å². The van der Waals surface area contributed by atoms with Gasteiger partial charge in [0.2, 0.25) is 0 Å². The largest absolute Gasteiger partial charge is 0.387 e. The fourth-order valence-corrected chi connectivity index (χ4v) is 3.13. The molecular weight excluding hydrogens is 344 g/mol.